The van der Waals surface area contributed by atoms with Crippen LogP contribution in [0.4, 0.5) is 34.1 Å². The molecule has 4 heterocycles. The number of hydrogen-bond donors (Lipinski definition) is 0. The molecule has 8 heteroatoms. The minimum absolute atomic E-state index is 0.0449. The van der Waals surface area contributed by atoms with Crippen LogP contribution in [0.2, 0.25) is 0 Å². The number of benzene rings is 9. The molecule has 0 N–H and O–H groups in total. The zero-order valence-corrected chi connectivity index (χ0v) is 40.9. The van der Waals surface area contributed by atoms with Crippen molar-refractivity contribution >= 4 is 80.0 Å². The Labute approximate surface area is 414 Å². The van der Waals surface area contributed by atoms with Crippen LogP contribution in [0, 0.1) is 0 Å². The third-order valence-electron chi connectivity index (χ3n) is 14.2. The molecule has 0 saturated carbocycles. The van der Waals surface area contributed by atoms with Gasteiger partial charge in [0.25, 0.3) is 6.71 Å². The largest absolute Gasteiger partial charge is 0.458 e. The first-order chi connectivity index (χ1) is 33.9. The molecular formula is C62H50BN5OS. The second-order valence-corrected chi connectivity index (χ2v) is 21.9. The zero-order chi connectivity index (χ0) is 47.5. The lowest BCUT2D eigenvalue weighted by Crippen LogP contribution is -2.59. The summed E-state index contributed by atoms with van der Waals surface area (Å²) >= 11 is 1.84. The smallest absolute Gasteiger partial charge is 0.256 e. The van der Waals surface area contributed by atoms with Crippen LogP contribution in [0.1, 0.15) is 52.7 Å². The van der Waals surface area contributed by atoms with E-state index in [9.17, 15) is 0 Å². The molecule has 0 amide bonds. The molecule has 0 saturated heterocycles. The second kappa shape index (κ2) is 15.9. The molecule has 3 aliphatic heterocycles. The quantitative estimate of drug-likeness (QED) is 0.160. The topological polar surface area (TPSA) is 46.4 Å². The van der Waals surface area contributed by atoms with Crippen LogP contribution in [-0.2, 0) is 10.8 Å². The molecule has 0 aliphatic carbocycles. The van der Waals surface area contributed by atoms with Gasteiger partial charge in [-0.05, 0) is 139 Å². The number of nitrogens with zero attached hydrogens (tertiary/aromatic N) is 5. The first kappa shape index (κ1) is 42.3. The Morgan fingerprint density at radius 1 is 0.414 bits per heavy atom. The third-order valence-corrected chi connectivity index (χ3v) is 15.3. The Morgan fingerprint density at radius 3 is 1.57 bits per heavy atom. The number of fused-ring (bicyclic) bond motifs is 7. The van der Waals surface area contributed by atoms with Crippen molar-refractivity contribution in [2.45, 2.75) is 62.2 Å². The van der Waals surface area contributed by atoms with Gasteiger partial charge < -0.3 is 14.5 Å². The van der Waals surface area contributed by atoms with Gasteiger partial charge in [0.1, 0.15) is 22.5 Å². The molecule has 0 spiro atoms. The van der Waals surface area contributed by atoms with Gasteiger partial charge in [0.2, 0.25) is 0 Å². The van der Waals surface area contributed by atoms with E-state index in [0.29, 0.717) is 0 Å². The molecule has 10 aromatic rings. The van der Waals surface area contributed by atoms with Gasteiger partial charge in [-0.3, -0.25) is 0 Å². The SMILES string of the molecule is CC(C)(C)c1ccc(-n2nc3cc4c(cc3n2)N(c2ccccc2)c2cc(C(C)(C)C)cc3c2B4c2ccc(N4c5ccc(-c6ccccc6)cc5Sc5cc(-c6ccccc6)ccc54)cc2O3)cc1. The maximum atomic E-state index is 7.31. The van der Waals surface area contributed by atoms with Gasteiger partial charge in [-0.2, -0.15) is 4.80 Å². The van der Waals surface area contributed by atoms with Crippen molar-refractivity contribution in [2.75, 3.05) is 9.80 Å². The van der Waals surface area contributed by atoms with E-state index in [1.165, 1.54) is 43.2 Å². The van der Waals surface area contributed by atoms with E-state index in [0.717, 1.165) is 78.7 Å². The van der Waals surface area contributed by atoms with Crippen molar-refractivity contribution in [1.29, 1.82) is 0 Å². The number of ether oxygens (including phenoxy) is 1. The van der Waals surface area contributed by atoms with Crippen molar-refractivity contribution in [3.8, 4) is 39.4 Å². The second-order valence-electron chi connectivity index (χ2n) is 20.8. The van der Waals surface area contributed by atoms with Crippen molar-refractivity contribution < 1.29 is 4.74 Å². The highest BCUT2D eigenvalue weighted by molar-refractivity contribution is 7.99. The molecule has 0 atom stereocenters. The average Bonchev–Trinajstić information content (AvgIpc) is 3.80. The van der Waals surface area contributed by atoms with Crippen LogP contribution in [0.3, 0.4) is 0 Å². The summed E-state index contributed by atoms with van der Waals surface area (Å²) in [6.07, 6.45) is 0. The van der Waals surface area contributed by atoms with E-state index in [-0.39, 0.29) is 17.5 Å². The zero-order valence-electron chi connectivity index (χ0n) is 40.1. The number of para-hydroxylation sites is 1. The van der Waals surface area contributed by atoms with E-state index in [2.05, 4.69) is 245 Å². The van der Waals surface area contributed by atoms with E-state index >= 15 is 0 Å². The summed E-state index contributed by atoms with van der Waals surface area (Å²) < 4.78 is 7.31. The fourth-order valence-corrected chi connectivity index (χ4v) is 11.6. The fraction of sp³-hybridized carbons (Fsp3) is 0.129. The van der Waals surface area contributed by atoms with Gasteiger partial charge >= 0.3 is 0 Å². The molecule has 0 radical (unpaired) electrons. The maximum absolute atomic E-state index is 7.31. The van der Waals surface area contributed by atoms with Crippen LogP contribution in [0.25, 0.3) is 39.0 Å². The Kier molecular flexibility index (Phi) is 9.59. The summed E-state index contributed by atoms with van der Waals surface area (Å²) in [5.74, 6) is 1.72. The Morgan fingerprint density at radius 2 is 0.971 bits per heavy atom. The molecule has 338 valence electrons. The average molecular weight is 924 g/mol. The van der Waals surface area contributed by atoms with Crippen molar-refractivity contribution in [3.63, 3.8) is 0 Å². The van der Waals surface area contributed by atoms with Crippen molar-refractivity contribution in [2.24, 2.45) is 0 Å². The minimum atomic E-state index is -0.152. The predicted molar refractivity (Wildman–Crippen MR) is 292 cm³/mol. The van der Waals surface area contributed by atoms with Gasteiger partial charge in [0.05, 0.1) is 17.1 Å². The lowest BCUT2D eigenvalue weighted by atomic mass is 9.34. The molecule has 9 aromatic carbocycles. The van der Waals surface area contributed by atoms with Crippen LogP contribution in [-0.4, -0.2) is 21.7 Å². The standard InChI is InChI=1S/C62H50BN5OS/c1-61(2,3)43-24-26-46(27-25-43)68-64-50-37-49-54(38-51(50)65-68)66(45-20-14-9-15-21-45)55-34-44(62(4,5)6)35-57-60(55)63(49)48-29-28-47(36-56(48)69-57)67-52-30-22-41(39-16-10-7-11-17-39)32-58(52)70-59-33-42(23-31-53(59)67)40-18-12-8-13-19-40/h7-38H,1-6H3. The number of aromatic nitrogens is 3. The molecule has 0 unspecified atom stereocenters. The lowest BCUT2D eigenvalue weighted by Gasteiger charge is -2.41. The highest BCUT2D eigenvalue weighted by atomic mass is 32.2. The van der Waals surface area contributed by atoms with Crippen LogP contribution in [0.5, 0.6) is 11.5 Å². The predicted octanol–water partition coefficient (Wildman–Crippen LogP) is 14.7. The van der Waals surface area contributed by atoms with Gasteiger partial charge in [-0.25, -0.2) is 0 Å². The molecule has 1 aromatic heterocycles. The minimum Gasteiger partial charge on any atom is -0.458 e. The van der Waals surface area contributed by atoms with E-state index in [1.807, 2.05) is 11.8 Å². The molecule has 3 aliphatic rings. The highest BCUT2D eigenvalue weighted by Gasteiger charge is 2.44. The van der Waals surface area contributed by atoms with Crippen LogP contribution >= 0.6 is 11.8 Å². The van der Waals surface area contributed by atoms with Gasteiger partial charge in [0.15, 0.2) is 0 Å². The molecule has 6 nitrogen and oxygen atoms in total. The Bertz CT molecular complexity index is 3600. The fourth-order valence-electron chi connectivity index (χ4n) is 10.5. The summed E-state index contributed by atoms with van der Waals surface area (Å²) in [5, 5.41) is 10.3. The number of anilines is 6. The van der Waals surface area contributed by atoms with Gasteiger partial charge in [-0.1, -0.05) is 162 Å². The van der Waals surface area contributed by atoms with Crippen LogP contribution in [0.15, 0.2) is 204 Å². The van der Waals surface area contributed by atoms with Gasteiger partial charge in [0, 0.05) is 38.6 Å². The summed E-state index contributed by atoms with van der Waals surface area (Å²) in [7, 11) is 0. The number of hydrogen-bond acceptors (Lipinski definition) is 6. The Balaban J connectivity index is 0.997. The summed E-state index contributed by atoms with van der Waals surface area (Å²) in [6.45, 7) is 13.4. The normalized spacial score (nSPS) is 13.5. The van der Waals surface area contributed by atoms with Crippen molar-refractivity contribution in [3.05, 3.63) is 205 Å². The first-order valence-electron chi connectivity index (χ1n) is 24.2. The maximum Gasteiger partial charge on any atom is 0.256 e. The van der Waals surface area contributed by atoms with Gasteiger partial charge in [-0.15, -0.1) is 10.2 Å². The summed E-state index contributed by atoms with van der Waals surface area (Å²) in [5.41, 5.74) is 19.8. The Hall–Kier alpha value is -7.81. The number of rotatable bonds is 5. The molecule has 13 rings (SSSR count). The molecule has 0 bridgehead atoms. The summed E-state index contributed by atoms with van der Waals surface area (Å²) in [4.78, 5) is 9.02. The molecular weight excluding hydrogens is 874 g/mol. The first-order valence-corrected chi connectivity index (χ1v) is 25.0. The highest BCUT2D eigenvalue weighted by Crippen LogP contribution is 2.54. The molecule has 0 fully saturated rings. The molecule has 70 heavy (non-hydrogen) atoms. The third kappa shape index (κ3) is 7.03. The van der Waals surface area contributed by atoms with Crippen LogP contribution < -0.4 is 30.9 Å². The summed E-state index contributed by atoms with van der Waals surface area (Å²) in [6, 6.07) is 70.4. The monoisotopic (exact) mass is 923 g/mol. The van der Waals surface area contributed by atoms with Crippen molar-refractivity contribution in [1.82, 2.24) is 15.0 Å². The van der Waals surface area contributed by atoms with E-state index < -0.39 is 0 Å². The lowest BCUT2D eigenvalue weighted by molar-refractivity contribution is 0.483. The van der Waals surface area contributed by atoms with E-state index in [4.69, 9.17) is 14.9 Å². The van der Waals surface area contributed by atoms with E-state index in [1.54, 1.807) is 4.80 Å².